The monoisotopic (exact) mass is 341 g/mol. The van der Waals surface area contributed by atoms with Crippen LogP contribution in [-0.4, -0.2) is 47.5 Å². The Morgan fingerprint density at radius 3 is 2.50 bits per heavy atom. The quantitative estimate of drug-likeness (QED) is 0.855. The first kappa shape index (κ1) is 17.1. The fourth-order valence-electron chi connectivity index (χ4n) is 3.41. The van der Waals surface area contributed by atoms with E-state index < -0.39 is 17.5 Å². The Morgan fingerprint density at radius 1 is 1.29 bits per heavy atom. The fourth-order valence-corrected chi connectivity index (χ4v) is 3.41. The molecule has 2 amide bonds. The van der Waals surface area contributed by atoms with E-state index in [1.807, 2.05) is 0 Å². The van der Waals surface area contributed by atoms with Gasteiger partial charge in [-0.1, -0.05) is 0 Å². The standard InChI is InChI=1S/C17H22F3N3O/c1-10-5-12(9-23(10)13-3-4-13)21-17(24)22(2)8-11-6-14(18)16(20)15(19)7-11/h6-7,10,12-13H,3-5,8-9H2,1-2H3,(H,21,24)/t10-,12-/m0/s1. The van der Waals surface area contributed by atoms with Gasteiger partial charge >= 0.3 is 6.03 Å². The summed E-state index contributed by atoms with van der Waals surface area (Å²) in [6.45, 7) is 3.01. The zero-order valence-corrected chi connectivity index (χ0v) is 13.9. The van der Waals surface area contributed by atoms with E-state index >= 15 is 0 Å². The van der Waals surface area contributed by atoms with E-state index in [1.165, 1.54) is 17.7 Å². The van der Waals surface area contributed by atoms with Gasteiger partial charge in [0, 0.05) is 38.3 Å². The van der Waals surface area contributed by atoms with Crippen LogP contribution >= 0.6 is 0 Å². The third kappa shape index (κ3) is 3.66. The normalized spacial score (nSPS) is 24.2. The molecule has 1 saturated carbocycles. The summed E-state index contributed by atoms with van der Waals surface area (Å²) < 4.78 is 39.5. The largest absolute Gasteiger partial charge is 0.334 e. The molecule has 1 aromatic carbocycles. The van der Waals surface area contributed by atoms with Crippen molar-refractivity contribution in [3.05, 3.63) is 35.1 Å². The van der Waals surface area contributed by atoms with Crippen molar-refractivity contribution in [1.82, 2.24) is 15.1 Å². The third-order valence-corrected chi connectivity index (χ3v) is 4.78. The van der Waals surface area contributed by atoms with E-state index in [9.17, 15) is 18.0 Å². The molecule has 0 spiro atoms. The maximum absolute atomic E-state index is 13.2. The van der Waals surface area contributed by atoms with Crippen LogP contribution in [0, 0.1) is 17.5 Å². The Labute approximate surface area is 139 Å². The van der Waals surface area contributed by atoms with Crippen molar-refractivity contribution in [2.24, 2.45) is 0 Å². The first-order valence-corrected chi connectivity index (χ1v) is 8.26. The highest BCUT2D eigenvalue weighted by atomic mass is 19.2. The predicted octanol–water partition coefficient (Wildman–Crippen LogP) is 2.87. The minimum Gasteiger partial charge on any atom is -0.334 e. The number of rotatable bonds is 4. The van der Waals surface area contributed by atoms with Gasteiger partial charge < -0.3 is 10.2 Å². The van der Waals surface area contributed by atoms with Crippen LogP contribution in [0.3, 0.4) is 0 Å². The average molecular weight is 341 g/mol. The smallest absolute Gasteiger partial charge is 0.317 e. The zero-order valence-electron chi connectivity index (χ0n) is 13.9. The van der Waals surface area contributed by atoms with Gasteiger partial charge in [-0.3, -0.25) is 4.90 Å². The van der Waals surface area contributed by atoms with Gasteiger partial charge in [0.25, 0.3) is 0 Å². The highest BCUT2D eigenvalue weighted by molar-refractivity contribution is 5.74. The topological polar surface area (TPSA) is 35.6 Å². The Hall–Kier alpha value is -1.76. The van der Waals surface area contributed by atoms with Gasteiger partial charge in [-0.05, 0) is 43.9 Å². The van der Waals surface area contributed by atoms with Crippen molar-refractivity contribution in [3.8, 4) is 0 Å². The highest BCUT2D eigenvalue weighted by Gasteiger charge is 2.39. The van der Waals surface area contributed by atoms with E-state index in [4.69, 9.17) is 0 Å². The molecule has 0 bridgehead atoms. The van der Waals surface area contributed by atoms with E-state index in [0.717, 1.165) is 25.1 Å². The van der Waals surface area contributed by atoms with Crippen LogP contribution in [0.4, 0.5) is 18.0 Å². The first-order chi connectivity index (χ1) is 11.3. The number of nitrogens with one attached hydrogen (secondary N) is 1. The van der Waals surface area contributed by atoms with Crippen LogP contribution in [0.5, 0.6) is 0 Å². The van der Waals surface area contributed by atoms with E-state index in [0.29, 0.717) is 12.1 Å². The number of hydrogen-bond acceptors (Lipinski definition) is 2. The second-order valence-corrected chi connectivity index (χ2v) is 6.89. The molecule has 4 nitrogen and oxygen atoms in total. The maximum Gasteiger partial charge on any atom is 0.317 e. The molecule has 132 valence electrons. The number of benzene rings is 1. The Balaban J connectivity index is 1.55. The molecule has 1 aliphatic carbocycles. The Morgan fingerprint density at radius 2 is 1.92 bits per heavy atom. The molecule has 24 heavy (non-hydrogen) atoms. The van der Waals surface area contributed by atoms with Crippen molar-refractivity contribution >= 4 is 6.03 Å². The molecular weight excluding hydrogens is 319 g/mol. The van der Waals surface area contributed by atoms with Crippen LogP contribution in [0.1, 0.15) is 31.7 Å². The summed E-state index contributed by atoms with van der Waals surface area (Å²) in [5, 5.41) is 2.97. The molecule has 1 heterocycles. The minimum absolute atomic E-state index is 0.00850. The second-order valence-electron chi connectivity index (χ2n) is 6.89. The fraction of sp³-hybridized carbons (Fsp3) is 0.588. The molecule has 1 aromatic rings. The van der Waals surface area contributed by atoms with E-state index in [2.05, 4.69) is 17.1 Å². The average Bonchev–Trinajstić information content (AvgIpc) is 3.28. The van der Waals surface area contributed by atoms with Crippen molar-refractivity contribution in [2.45, 2.75) is 50.9 Å². The number of carbonyl (C=O) groups is 1. The van der Waals surface area contributed by atoms with Crippen molar-refractivity contribution in [1.29, 1.82) is 0 Å². The Kier molecular flexibility index (Phi) is 4.71. The molecule has 0 aromatic heterocycles. The van der Waals surface area contributed by atoms with Crippen LogP contribution in [0.15, 0.2) is 12.1 Å². The molecule has 2 atom stereocenters. The predicted molar refractivity (Wildman–Crippen MR) is 83.9 cm³/mol. The van der Waals surface area contributed by atoms with Gasteiger partial charge in [0.2, 0.25) is 0 Å². The molecule has 3 rings (SSSR count). The van der Waals surface area contributed by atoms with Gasteiger partial charge in [0.15, 0.2) is 17.5 Å². The summed E-state index contributed by atoms with van der Waals surface area (Å²) in [5.41, 5.74) is 0.212. The number of halogens is 3. The Bertz CT molecular complexity index is 613. The lowest BCUT2D eigenvalue weighted by atomic mass is 10.2. The van der Waals surface area contributed by atoms with E-state index in [-0.39, 0.29) is 24.2 Å². The van der Waals surface area contributed by atoms with E-state index in [1.54, 1.807) is 7.05 Å². The molecule has 7 heteroatoms. The molecule has 2 aliphatic rings. The summed E-state index contributed by atoms with van der Waals surface area (Å²) in [6.07, 6.45) is 3.36. The molecule has 1 saturated heterocycles. The van der Waals surface area contributed by atoms with Gasteiger partial charge in [0.1, 0.15) is 0 Å². The number of amides is 2. The lowest BCUT2D eigenvalue weighted by Gasteiger charge is -2.22. The second kappa shape index (κ2) is 6.63. The number of hydrogen-bond donors (Lipinski definition) is 1. The molecule has 1 N–H and O–H groups in total. The zero-order chi connectivity index (χ0) is 17.4. The molecule has 2 fully saturated rings. The molecule has 0 unspecified atom stereocenters. The molecular formula is C17H22F3N3O. The summed E-state index contributed by atoms with van der Waals surface area (Å²) in [4.78, 5) is 16.0. The van der Waals surface area contributed by atoms with Crippen molar-refractivity contribution in [3.63, 3.8) is 0 Å². The van der Waals surface area contributed by atoms with Crippen LogP contribution in [0.2, 0.25) is 0 Å². The van der Waals surface area contributed by atoms with Gasteiger partial charge in [-0.25, -0.2) is 18.0 Å². The maximum atomic E-state index is 13.2. The van der Waals surface area contributed by atoms with Gasteiger partial charge in [-0.2, -0.15) is 0 Å². The summed E-state index contributed by atoms with van der Waals surface area (Å²) in [6, 6.07) is 2.72. The number of likely N-dealkylation sites (tertiary alicyclic amines) is 1. The molecule has 1 aliphatic heterocycles. The number of carbonyl (C=O) groups excluding carboxylic acids is 1. The van der Waals surface area contributed by atoms with Crippen molar-refractivity contribution in [2.75, 3.05) is 13.6 Å². The summed E-state index contributed by atoms with van der Waals surface area (Å²) >= 11 is 0. The summed E-state index contributed by atoms with van der Waals surface area (Å²) in [5.74, 6) is -3.99. The van der Waals surface area contributed by atoms with Crippen LogP contribution in [-0.2, 0) is 6.54 Å². The third-order valence-electron chi connectivity index (χ3n) is 4.78. The minimum atomic E-state index is -1.49. The summed E-state index contributed by atoms with van der Waals surface area (Å²) in [7, 11) is 1.55. The first-order valence-electron chi connectivity index (χ1n) is 8.26. The van der Waals surface area contributed by atoms with Gasteiger partial charge in [-0.15, -0.1) is 0 Å². The SMILES string of the molecule is C[C@H]1C[C@H](NC(=O)N(C)Cc2cc(F)c(F)c(F)c2)CN1C1CC1. The van der Waals surface area contributed by atoms with Gasteiger partial charge in [0.05, 0.1) is 0 Å². The number of nitrogens with zero attached hydrogens (tertiary/aromatic N) is 2. The van der Waals surface area contributed by atoms with Crippen molar-refractivity contribution < 1.29 is 18.0 Å². The highest BCUT2D eigenvalue weighted by Crippen LogP contribution is 2.33. The lowest BCUT2D eigenvalue weighted by molar-refractivity contribution is 0.201. The molecule has 0 radical (unpaired) electrons. The lowest BCUT2D eigenvalue weighted by Crippen LogP contribution is -2.44. The van der Waals surface area contributed by atoms with Crippen LogP contribution in [0.25, 0.3) is 0 Å². The number of urea groups is 1. The van der Waals surface area contributed by atoms with Crippen LogP contribution < -0.4 is 5.32 Å².